The number of aliphatic hydroxyl groups is 1. The van der Waals surface area contributed by atoms with Gasteiger partial charge in [-0.1, -0.05) is 43.3 Å². The summed E-state index contributed by atoms with van der Waals surface area (Å²) in [7, 11) is 2.06. The smallest absolute Gasteiger partial charge is 0.258 e. The van der Waals surface area contributed by atoms with E-state index in [9.17, 15) is 14.7 Å². The Kier molecular flexibility index (Phi) is 9.18. The molecule has 0 spiro atoms. The van der Waals surface area contributed by atoms with Gasteiger partial charge in [-0.15, -0.1) is 0 Å². The number of carbonyl (C=O) groups is 2. The lowest BCUT2D eigenvalue weighted by Gasteiger charge is -2.38. The number of likely N-dealkylation sites (N-methyl/N-ethyl adjacent to an activating group) is 1. The number of aliphatic hydroxyl groups excluding tert-OH is 1. The Morgan fingerprint density at radius 2 is 1.89 bits per heavy atom. The molecular formula is C29H39N3O5. The van der Waals surface area contributed by atoms with Crippen LogP contribution in [0.1, 0.15) is 42.6 Å². The predicted molar refractivity (Wildman–Crippen MR) is 143 cm³/mol. The van der Waals surface area contributed by atoms with Crippen LogP contribution in [-0.4, -0.2) is 78.8 Å². The van der Waals surface area contributed by atoms with Gasteiger partial charge < -0.3 is 24.8 Å². The van der Waals surface area contributed by atoms with Gasteiger partial charge in [-0.05, 0) is 44.5 Å². The molecule has 0 unspecified atom stereocenters. The third-order valence-electron chi connectivity index (χ3n) is 7.33. The summed E-state index contributed by atoms with van der Waals surface area (Å²) >= 11 is 0. The highest BCUT2D eigenvalue weighted by Crippen LogP contribution is 2.35. The van der Waals surface area contributed by atoms with Crippen LogP contribution in [-0.2, 0) is 16.1 Å². The first-order valence-electron chi connectivity index (χ1n) is 13.2. The number of hydrogen-bond donors (Lipinski definition) is 2. The van der Waals surface area contributed by atoms with Gasteiger partial charge in [0.25, 0.3) is 5.91 Å². The summed E-state index contributed by atoms with van der Waals surface area (Å²) in [6.45, 7) is 6.78. The lowest BCUT2D eigenvalue weighted by atomic mass is 9.98. The monoisotopic (exact) mass is 509 g/mol. The molecule has 37 heavy (non-hydrogen) atoms. The number of hydrogen-bond acceptors (Lipinski definition) is 6. The van der Waals surface area contributed by atoms with Crippen molar-refractivity contribution >= 4 is 17.5 Å². The fourth-order valence-electron chi connectivity index (χ4n) is 5.02. The van der Waals surface area contributed by atoms with Crippen LogP contribution in [0.3, 0.4) is 0 Å². The molecule has 0 radical (unpaired) electrons. The lowest BCUT2D eigenvalue weighted by molar-refractivity contribution is -0.122. The van der Waals surface area contributed by atoms with Crippen LogP contribution < -0.4 is 10.1 Å². The van der Waals surface area contributed by atoms with Gasteiger partial charge in [0, 0.05) is 44.7 Å². The Morgan fingerprint density at radius 3 is 2.59 bits per heavy atom. The van der Waals surface area contributed by atoms with E-state index in [1.807, 2.05) is 25.1 Å². The minimum absolute atomic E-state index is 0.0106. The minimum atomic E-state index is -0.343. The van der Waals surface area contributed by atoms with Crippen molar-refractivity contribution in [1.29, 1.82) is 0 Å². The molecule has 8 heteroatoms. The normalized spacial score (nSPS) is 21.5. The van der Waals surface area contributed by atoms with E-state index in [1.54, 1.807) is 23.1 Å². The molecule has 0 aromatic heterocycles. The largest absolute Gasteiger partial charge is 0.486 e. The molecule has 2 amide bonds. The highest BCUT2D eigenvalue weighted by atomic mass is 16.5. The number of rotatable bonds is 8. The van der Waals surface area contributed by atoms with E-state index in [1.165, 1.54) is 5.56 Å². The number of nitrogens with zero attached hydrogens (tertiary/aromatic N) is 2. The topological polar surface area (TPSA) is 91.3 Å². The summed E-state index contributed by atoms with van der Waals surface area (Å²) in [5.74, 6) is -0.0365. The average Bonchev–Trinajstić information content (AvgIpc) is 2.91. The summed E-state index contributed by atoms with van der Waals surface area (Å²) in [6, 6.07) is 15.2. The number of fused-ring (bicyclic) bond motifs is 1. The molecule has 1 fully saturated rings. The van der Waals surface area contributed by atoms with Crippen molar-refractivity contribution in [2.45, 2.75) is 45.4 Å². The first-order valence-corrected chi connectivity index (χ1v) is 13.2. The highest BCUT2D eigenvalue weighted by molar-refractivity contribution is 6.02. The van der Waals surface area contributed by atoms with Crippen LogP contribution in [0.4, 0.5) is 5.69 Å². The van der Waals surface area contributed by atoms with Gasteiger partial charge in [-0.25, -0.2) is 0 Å². The van der Waals surface area contributed by atoms with Crippen molar-refractivity contribution in [2.75, 3.05) is 45.3 Å². The Balaban J connectivity index is 1.63. The average molecular weight is 510 g/mol. The fourth-order valence-corrected chi connectivity index (χ4v) is 5.02. The second-order valence-corrected chi connectivity index (χ2v) is 10.4. The van der Waals surface area contributed by atoms with Crippen molar-refractivity contribution in [1.82, 2.24) is 9.80 Å². The van der Waals surface area contributed by atoms with E-state index in [-0.39, 0.29) is 42.4 Å². The number of anilines is 1. The van der Waals surface area contributed by atoms with Crippen molar-refractivity contribution in [2.24, 2.45) is 11.8 Å². The zero-order chi connectivity index (χ0) is 26.4. The van der Waals surface area contributed by atoms with Crippen molar-refractivity contribution in [3.05, 3.63) is 59.7 Å². The number of carbonyl (C=O) groups excluding carboxylic acids is 2. The summed E-state index contributed by atoms with van der Waals surface area (Å²) in [6.07, 6.45) is 1.11. The number of amides is 2. The number of benzene rings is 2. The van der Waals surface area contributed by atoms with Gasteiger partial charge in [0.15, 0.2) is 5.75 Å². The second-order valence-electron chi connectivity index (χ2n) is 10.4. The molecule has 2 aromatic rings. The molecule has 0 bridgehead atoms. The molecule has 1 saturated heterocycles. The SMILES string of the molecule is C[C@@H]1CN([C@H](C)CO)C(=O)c2cccc(NC(=O)C3CCOCC3)c2O[C@@H]1CN(C)Cc1ccccc1. The molecule has 0 saturated carbocycles. The van der Waals surface area contributed by atoms with Crippen molar-refractivity contribution < 1.29 is 24.2 Å². The maximum absolute atomic E-state index is 13.6. The molecule has 2 heterocycles. The maximum atomic E-state index is 13.6. The summed E-state index contributed by atoms with van der Waals surface area (Å²) in [4.78, 5) is 30.6. The lowest BCUT2D eigenvalue weighted by Crippen LogP contribution is -2.49. The Bertz CT molecular complexity index is 1060. The van der Waals surface area contributed by atoms with E-state index in [0.717, 1.165) is 6.54 Å². The van der Waals surface area contributed by atoms with E-state index >= 15 is 0 Å². The van der Waals surface area contributed by atoms with E-state index < -0.39 is 0 Å². The van der Waals surface area contributed by atoms with Crippen molar-refractivity contribution in [3.8, 4) is 5.75 Å². The van der Waals surface area contributed by atoms with E-state index in [2.05, 4.69) is 36.3 Å². The van der Waals surface area contributed by atoms with E-state index in [4.69, 9.17) is 9.47 Å². The van der Waals surface area contributed by atoms with Gasteiger partial charge in [0.1, 0.15) is 6.10 Å². The summed E-state index contributed by atoms with van der Waals surface area (Å²) < 4.78 is 12.0. The Hall–Kier alpha value is -2.94. The van der Waals surface area contributed by atoms with Crippen LogP contribution >= 0.6 is 0 Å². The molecule has 8 nitrogen and oxygen atoms in total. The van der Waals surface area contributed by atoms with Crippen molar-refractivity contribution in [3.63, 3.8) is 0 Å². The third kappa shape index (κ3) is 6.69. The number of para-hydroxylation sites is 1. The van der Waals surface area contributed by atoms with Crippen LogP contribution in [0.15, 0.2) is 48.5 Å². The summed E-state index contributed by atoms with van der Waals surface area (Å²) in [5, 5.41) is 12.9. The van der Waals surface area contributed by atoms with Crippen LogP contribution in [0.2, 0.25) is 0 Å². The maximum Gasteiger partial charge on any atom is 0.258 e. The summed E-state index contributed by atoms with van der Waals surface area (Å²) in [5.41, 5.74) is 2.11. The standard InChI is InChI=1S/C29H39N3O5/c1-20-16-32(21(2)19-33)29(35)24-10-7-11-25(30-28(34)23-12-14-36-15-13-23)27(24)37-26(20)18-31(3)17-22-8-5-4-6-9-22/h4-11,20-21,23,26,33H,12-19H2,1-3H3,(H,30,34)/t20-,21-,26-/m1/s1. The van der Waals surface area contributed by atoms with E-state index in [0.29, 0.717) is 56.1 Å². The Labute approximate surface area is 219 Å². The van der Waals surface area contributed by atoms with Crippen LogP contribution in [0, 0.1) is 11.8 Å². The quantitative estimate of drug-likeness (QED) is 0.567. The molecular weight excluding hydrogens is 470 g/mol. The van der Waals surface area contributed by atoms with Gasteiger partial charge in [-0.3, -0.25) is 14.5 Å². The van der Waals surface area contributed by atoms with Gasteiger partial charge in [-0.2, -0.15) is 0 Å². The molecule has 2 aliphatic rings. The minimum Gasteiger partial charge on any atom is -0.486 e. The molecule has 0 aliphatic carbocycles. The molecule has 4 rings (SSSR count). The number of ether oxygens (including phenoxy) is 2. The Morgan fingerprint density at radius 1 is 1.16 bits per heavy atom. The zero-order valence-corrected chi connectivity index (χ0v) is 22.1. The van der Waals surface area contributed by atoms with Gasteiger partial charge >= 0.3 is 0 Å². The zero-order valence-electron chi connectivity index (χ0n) is 22.1. The van der Waals surface area contributed by atoms with Crippen LogP contribution in [0.5, 0.6) is 5.75 Å². The molecule has 2 aliphatic heterocycles. The third-order valence-corrected chi connectivity index (χ3v) is 7.33. The number of nitrogens with one attached hydrogen (secondary N) is 1. The highest BCUT2D eigenvalue weighted by Gasteiger charge is 2.35. The fraction of sp³-hybridized carbons (Fsp3) is 0.517. The van der Waals surface area contributed by atoms with Gasteiger partial charge in [0.05, 0.1) is 23.9 Å². The van der Waals surface area contributed by atoms with Crippen LogP contribution in [0.25, 0.3) is 0 Å². The second kappa shape index (κ2) is 12.5. The molecule has 2 N–H and O–H groups in total. The van der Waals surface area contributed by atoms with Gasteiger partial charge in [0.2, 0.25) is 5.91 Å². The molecule has 200 valence electrons. The first kappa shape index (κ1) is 27.1. The molecule has 2 aromatic carbocycles. The first-order chi connectivity index (χ1) is 17.9. The predicted octanol–water partition coefficient (Wildman–Crippen LogP) is 3.40. The molecule has 3 atom stereocenters.